The molecule has 0 radical (unpaired) electrons. The summed E-state index contributed by atoms with van der Waals surface area (Å²) in [5, 5.41) is 9.13. The Morgan fingerprint density at radius 1 is 1.00 bits per heavy atom. The van der Waals surface area contributed by atoms with E-state index in [1.54, 1.807) is 93.6 Å². The van der Waals surface area contributed by atoms with Crippen molar-refractivity contribution >= 4 is 23.6 Å². The molecule has 3 aromatic carbocycles. The SMILES string of the molecule is CC(C)(C)OC(=O)N(C(=O)[C@@H](N)Cc1cccc(C#N)c1)c1ccc(-c2ccccc2C(N)=O)cc1. The summed E-state index contributed by atoms with van der Waals surface area (Å²) in [6.45, 7) is 5.10. The van der Waals surface area contributed by atoms with Crippen LogP contribution in [-0.4, -0.2) is 29.6 Å². The lowest BCUT2D eigenvalue weighted by atomic mass is 9.99. The Morgan fingerprint density at radius 3 is 2.28 bits per heavy atom. The minimum Gasteiger partial charge on any atom is -0.443 e. The molecule has 0 fully saturated rings. The Kier molecular flexibility index (Phi) is 7.87. The summed E-state index contributed by atoms with van der Waals surface area (Å²) in [6.07, 6.45) is -0.739. The third-order valence-corrected chi connectivity index (χ3v) is 5.25. The molecule has 4 N–H and O–H groups in total. The van der Waals surface area contributed by atoms with Crippen molar-refractivity contribution < 1.29 is 19.1 Å². The van der Waals surface area contributed by atoms with Crippen LogP contribution < -0.4 is 16.4 Å². The smallest absolute Gasteiger partial charge is 0.421 e. The molecule has 0 unspecified atom stereocenters. The van der Waals surface area contributed by atoms with Crippen molar-refractivity contribution in [3.05, 3.63) is 89.5 Å². The quantitative estimate of drug-likeness (QED) is 0.538. The number of carbonyl (C=O) groups excluding carboxylic acids is 3. The number of nitrogens with zero attached hydrogens (tertiary/aromatic N) is 2. The first-order valence-corrected chi connectivity index (χ1v) is 11.3. The van der Waals surface area contributed by atoms with Crippen LogP contribution in [0.4, 0.5) is 10.5 Å². The van der Waals surface area contributed by atoms with Crippen molar-refractivity contribution in [2.45, 2.75) is 38.8 Å². The first-order valence-electron chi connectivity index (χ1n) is 11.3. The normalized spacial score (nSPS) is 11.8. The van der Waals surface area contributed by atoms with E-state index in [-0.39, 0.29) is 12.1 Å². The molecule has 0 spiro atoms. The third-order valence-electron chi connectivity index (χ3n) is 5.25. The number of anilines is 1. The van der Waals surface area contributed by atoms with Crippen LogP contribution in [0.15, 0.2) is 72.8 Å². The Bertz CT molecular complexity index is 1320. The molecular weight excluding hydrogens is 456 g/mol. The number of imide groups is 1. The van der Waals surface area contributed by atoms with E-state index < -0.39 is 29.6 Å². The Balaban J connectivity index is 1.94. The van der Waals surface area contributed by atoms with Gasteiger partial charge in [0.2, 0.25) is 5.91 Å². The zero-order valence-corrected chi connectivity index (χ0v) is 20.4. The number of rotatable bonds is 6. The molecule has 184 valence electrons. The Labute approximate surface area is 210 Å². The highest BCUT2D eigenvalue weighted by Gasteiger charge is 2.32. The fraction of sp³-hybridized carbons (Fsp3) is 0.214. The predicted molar refractivity (Wildman–Crippen MR) is 137 cm³/mol. The largest absolute Gasteiger partial charge is 0.443 e. The van der Waals surface area contributed by atoms with E-state index in [2.05, 4.69) is 6.07 Å². The first kappa shape index (κ1) is 26.1. The maximum absolute atomic E-state index is 13.4. The zero-order chi connectivity index (χ0) is 26.5. The van der Waals surface area contributed by atoms with Gasteiger partial charge in [-0.25, -0.2) is 9.69 Å². The maximum atomic E-state index is 13.4. The molecule has 0 saturated carbocycles. The van der Waals surface area contributed by atoms with Crippen LogP contribution in [0.5, 0.6) is 0 Å². The number of amides is 3. The Hall–Kier alpha value is -4.48. The molecule has 0 bridgehead atoms. The van der Waals surface area contributed by atoms with Crippen LogP contribution in [-0.2, 0) is 16.0 Å². The van der Waals surface area contributed by atoms with Gasteiger partial charge in [0.15, 0.2) is 0 Å². The van der Waals surface area contributed by atoms with E-state index in [0.29, 0.717) is 27.8 Å². The van der Waals surface area contributed by atoms with Crippen molar-refractivity contribution in [1.82, 2.24) is 0 Å². The van der Waals surface area contributed by atoms with Gasteiger partial charge in [0.25, 0.3) is 5.91 Å². The molecule has 0 heterocycles. The van der Waals surface area contributed by atoms with Crippen LogP contribution >= 0.6 is 0 Å². The van der Waals surface area contributed by atoms with Crippen molar-refractivity contribution in [2.24, 2.45) is 11.5 Å². The first-order chi connectivity index (χ1) is 17.0. The summed E-state index contributed by atoms with van der Waals surface area (Å²) in [7, 11) is 0. The van der Waals surface area contributed by atoms with Gasteiger partial charge in [-0.3, -0.25) is 9.59 Å². The van der Waals surface area contributed by atoms with Crippen molar-refractivity contribution in [2.75, 3.05) is 4.90 Å². The van der Waals surface area contributed by atoms with Crippen LogP contribution in [0.1, 0.15) is 42.3 Å². The van der Waals surface area contributed by atoms with Gasteiger partial charge >= 0.3 is 6.09 Å². The number of nitriles is 1. The number of nitrogens with two attached hydrogens (primary N) is 2. The molecule has 0 aliphatic rings. The second-order valence-electron chi connectivity index (χ2n) is 9.23. The van der Waals surface area contributed by atoms with E-state index >= 15 is 0 Å². The van der Waals surface area contributed by atoms with E-state index in [9.17, 15) is 14.4 Å². The average molecular weight is 485 g/mol. The highest BCUT2D eigenvalue weighted by atomic mass is 16.6. The van der Waals surface area contributed by atoms with Crippen LogP contribution in [0.2, 0.25) is 0 Å². The lowest BCUT2D eigenvalue weighted by Crippen LogP contribution is -2.49. The van der Waals surface area contributed by atoms with E-state index in [1.807, 2.05) is 0 Å². The van der Waals surface area contributed by atoms with Crippen LogP contribution in [0.25, 0.3) is 11.1 Å². The molecule has 3 amide bonds. The van der Waals surface area contributed by atoms with Gasteiger partial charge in [0.1, 0.15) is 5.60 Å². The van der Waals surface area contributed by atoms with E-state index in [1.165, 1.54) is 0 Å². The molecule has 0 aliphatic heterocycles. The van der Waals surface area contributed by atoms with Gasteiger partial charge < -0.3 is 16.2 Å². The number of benzene rings is 3. The van der Waals surface area contributed by atoms with E-state index in [0.717, 1.165) is 4.90 Å². The molecule has 8 nitrogen and oxygen atoms in total. The van der Waals surface area contributed by atoms with E-state index in [4.69, 9.17) is 21.5 Å². The topological polar surface area (TPSA) is 140 Å². The highest BCUT2D eigenvalue weighted by Crippen LogP contribution is 2.27. The zero-order valence-electron chi connectivity index (χ0n) is 20.4. The van der Waals surface area contributed by atoms with Gasteiger partial charge in [-0.2, -0.15) is 5.26 Å². The van der Waals surface area contributed by atoms with Crippen molar-refractivity contribution in [3.8, 4) is 17.2 Å². The lowest BCUT2D eigenvalue weighted by Gasteiger charge is -2.28. The predicted octanol–water partition coefficient (Wildman–Crippen LogP) is 4.16. The fourth-order valence-electron chi connectivity index (χ4n) is 3.64. The molecule has 0 aromatic heterocycles. The number of ether oxygens (including phenoxy) is 1. The van der Waals surface area contributed by atoms with Crippen molar-refractivity contribution in [3.63, 3.8) is 0 Å². The van der Waals surface area contributed by atoms with Gasteiger partial charge in [-0.05, 0) is 74.2 Å². The standard InChI is InChI=1S/C28H28N4O4/c1-28(2,3)36-27(35)32(26(34)24(30)16-18-7-6-8-19(15-18)17-29)21-13-11-20(12-14-21)22-9-4-5-10-23(22)25(31)33/h4-15,24H,16,30H2,1-3H3,(H2,31,33)/t24-/m0/s1. The van der Waals surface area contributed by atoms with Gasteiger partial charge in [-0.1, -0.05) is 42.5 Å². The van der Waals surface area contributed by atoms with Crippen LogP contribution in [0, 0.1) is 11.3 Å². The summed E-state index contributed by atoms with van der Waals surface area (Å²) in [5.41, 5.74) is 13.9. The molecule has 3 rings (SSSR count). The molecule has 36 heavy (non-hydrogen) atoms. The van der Waals surface area contributed by atoms with Gasteiger partial charge in [-0.15, -0.1) is 0 Å². The third kappa shape index (κ3) is 6.34. The number of hydrogen-bond acceptors (Lipinski definition) is 6. The molecule has 3 aromatic rings. The fourth-order valence-corrected chi connectivity index (χ4v) is 3.64. The summed E-state index contributed by atoms with van der Waals surface area (Å²) < 4.78 is 5.48. The Morgan fingerprint density at radius 2 is 1.67 bits per heavy atom. The molecule has 1 atom stereocenters. The molecule has 0 saturated heterocycles. The summed E-state index contributed by atoms with van der Waals surface area (Å²) in [5.74, 6) is -1.22. The second kappa shape index (κ2) is 10.8. The molecule has 0 aliphatic carbocycles. The lowest BCUT2D eigenvalue weighted by molar-refractivity contribution is -0.119. The highest BCUT2D eigenvalue weighted by molar-refractivity contribution is 6.14. The van der Waals surface area contributed by atoms with Crippen molar-refractivity contribution in [1.29, 1.82) is 5.26 Å². The molecular formula is C28H28N4O4. The van der Waals surface area contributed by atoms with Gasteiger partial charge in [0, 0.05) is 5.56 Å². The average Bonchev–Trinajstić information content (AvgIpc) is 2.83. The summed E-state index contributed by atoms with van der Waals surface area (Å²) >= 11 is 0. The molecule has 8 heteroatoms. The number of primary amides is 1. The van der Waals surface area contributed by atoms with Gasteiger partial charge in [0.05, 0.1) is 23.4 Å². The number of hydrogen-bond donors (Lipinski definition) is 2. The van der Waals surface area contributed by atoms with Crippen LogP contribution in [0.3, 0.4) is 0 Å². The minimum absolute atomic E-state index is 0.123. The summed E-state index contributed by atoms with van der Waals surface area (Å²) in [4.78, 5) is 39.2. The number of carbonyl (C=O) groups is 3. The maximum Gasteiger partial charge on any atom is 0.421 e. The summed E-state index contributed by atoms with van der Waals surface area (Å²) in [6, 6.07) is 21.2. The second-order valence-corrected chi connectivity index (χ2v) is 9.23. The minimum atomic E-state index is -1.07. The monoisotopic (exact) mass is 484 g/mol.